The number of ether oxygens (including phenoxy) is 1. The predicted molar refractivity (Wildman–Crippen MR) is 113 cm³/mol. The highest BCUT2D eigenvalue weighted by Crippen LogP contribution is 2.25. The van der Waals surface area contributed by atoms with Crippen LogP contribution >= 0.6 is 0 Å². The van der Waals surface area contributed by atoms with Gasteiger partial charge < -0.3 is 15.4 Å². The van der Waals surface area contributed by atoms with E-state index in [9.17, 15) is 14.4 Å². The molecule has 0 saturated heterocycles. The fourth-order valence-electron chi connectivity index (χ4n) is 3.59. The van der Waals surface area contributed by atoms with Crippen LogP contribution in [0.1, 0.15) is 76.1 Å². The standard InChI is InChI=1S/C23H34N2O4/c1-4-14-29-20-10-8-17(9-11-20)21(26)12-13-22(27)25-19-7-5-6-18(15-19)23(28)24-16(2)3/h8-11,16,18-19H,4-7,12-15H2,1-3H3,(H,24,28)(H,25,27). The fourth-order valence-corrected chi connectivity index (χ4v) is 3.59. The summed E-state index contributed by atoms with van der Waals surface area (Å²) in [5.74, 6) is 0.581. The molecule has 2 amide bonds. The Kier molecular flexibility index (Phi) is 9.16. The zero-order valence-corrected chi connectivity index (χ0v) is 17.8. The third-order valence-corrected chi connectivity index (χ3v) is 5.07. The molecule has 0 aromatic heterocycles. The molecule has 6 heteroatoms. The highest BCUT2D eigenvalue weighted by molar-refractivity contribution is 5.98. The molecule has 1 aliphatic rings. The van der Waals surface area contributed by atoms with Crippen LogP contribution < -0.4 is 15.4 Å². The van der Waals surface area contributed by atoms with E-state index >= 15 is 0 Å². The van der Waals surface area contributed by atoms with E-state index in [0.717, 1.165) is 31.4 Å². The summed E-state index contributed by atoms with van der Waals surface area (Å²) in [5.41, 5.74) is 0.588. The number of benzene rings is 1. The van der Waals surface area contributed by atoms with Gasteiger partial charge in [-0.3, -0.25) is 14.4 Å². The van der Waals surface area contributed by atoms with Crippen LogP contribution in [0.15, 0.2) is 24.3 Å². The summed E-state index contributed by atoms with van der Waals surface area (Å²) in [4.78, 5) is 36.8. The molecule has 160 valence electrons. The van der Waals surface area contributed by atoms with Crippen molar-refractivity contribution in [2.75, 3.05) is 6.61 Å². The fraction of sp³-hybridized carbons (Fsp3) is 0.609. The molecule has 0 bridgehead atoms. The zero-order valence-electron chi connectivity index (χ0n) is 17.8. The number of amides is 2. The summed E-state index contributed by atoms with van der Waals surface area (Å²) in [5, 5.41) is 5.96. The molecule has 2 atom stereocenters. The van der Waals surface area contributed by atoms with E-state index in [-0.39, 0.29) is 48.4 Å². The summed E-state index contributed by atoms with van der Waals surface area (Å²) >= 11 is 0. The van der Waals surface area contributed by atoms with Gasteiger partial charge in [0, 0.05) is 36.4 Å². The number of hydrogen-bond acceptors (Lipinski definition) is 4. The highest BCUT2D eigenvalue weighted by atomic mass is 16.5. The van der Waals surface area contributed by atoms with Gasteiger partial charge in [-0.1, -0.05) is 13.3 Å². The number of Topliss-reactive ketones (excluding diaryl/α,β-unsaturated/α-hetero) is 1. The molecular formula is C23H34N2O4. The largest absolute Gasteiger partial charge is 0.494 e. The number of carbonyl (C=O) groups is 3. The molecule has 2 unspecified atom stereocenters. The van der Waals surface area contributed by atoms with Gasteiger partial charge in [0.2, 0.25) is 11.8 Å². The van der Waals surface area contributed by atoms with Gasteiger partial charge in [-0.15, -0.1) is 0 Å². The van der Waals surface area contributed by atoms with Gasteiger partial charge in [0.05, 0.1) is 6.61 Å². The zero-order chi connectivity index (χ0) is 21.2. The Balaban J connectivity index is 1.75. The maximum Gasteiger partial charge on any atom is 0.223 e. The lowest BCUT2D eigenvalue weighted by atomic mass is 9.85. The van der Waals surface area contributed by atoms with E-state index in [1.807, 2.05) is 20.8 Å². The normalized spacial score (nSPS) is 18.9. The molecule has 6 nitrogen and oxygen atoms in total. The van der Waals surface area contributed by atoms with Crippen LogP contribution in [0.3, 0.4) is 0 Å². The lowest BCUT2D eigenvalue weighted by molar-refractivity contribution is -0.128. The number of hydrogen-bond donors (Lipinski definition) is 2. The lowest BCUT2D eigenvalue weighted by Gasteiger charge is -2.29. The summed E-state index contributed by atoms with van der Waals surface area (Å²) in [6.07, 6.45) is 4.59. The van der Waals surface area contributed by atoms with Gasteiger partial charge in [-0.2, -0.15) is 0 Å². The SMILES string of the molecule is CCCOc1ccc(C(=O)CCC(=O)NC2CCCC(C(=O)NC(C)C)C2)cc1. The minimum absolute atomic E-state index is 0.00395. The van der Waals surface area contributed by atoms with Crippen LogP contribution in [0.4, 0.5) is 0 Å². The Bertz CT molecular complexity index is 685. The molecule has 2 rings (SSSR count). The third kappa shape index (κ3) is 7.87. The van der Waals surface area contributed by atoms with Gasteiger partial charge in [-0.05, 0) is 63.8 Å². The molecule has 0 spiro atoms. The van der Waals surface area contributed by atoms with Gasteiger partial charge in [0.15, 0.2) is 5.78 Å². The smallest absolute Gasteiger partial charge is 0.223 e. The number of rotatable bonds is 10. The van der Waals surface area contributed by atoms with Crippen LogP contribution in [0.5, 0.6) is 5.75 Å². The van der Waals surface area contributed by atoms with Gasteiger partial charge in [0.25, 0.3) is 0 Å². The Hall–Kier alpha value is -2.37. The van der Waals surface area contributed by atoms with Crippen molar-refractivity contribution in [1.82, 2.24) is 10.6 Å². The Morgan fingerprint density at radius 3 is 2.48 bits per heavy atom. The van der Waals surface area contributed by atoms with Crippen molar-refractivity contribution in [3.05, 3.63) is 29.8 Å². The van der Waals surface area contributed by atoms with Crippen molar-refractivity contribution in [2.24, 2.45) is 5.92 Å². The van der Waals surface area contributed by atoms with Gasteiger partial charge in [-0.25, -0.2) is 0 Å². The summed E-state index contributed by atoms with van der Waals surface area (Å²) in [6.45, 7) is 6.58. The topological polar surface area (TPSA) is 84.5 Å². The van der Waals surface area contributed by atoms with Crippen molar-refractivity contribution >= 4 is 17.6 Å². The van der Waals surface area contributed by atoms with Crippen LogP contribution in [0.25, 0.3) is 0 Å². The van der Waals surface area contributed by atoms with Crippen LogP contribution in [0.2, 0.25) is 0 Å². The summed E-state index contributed by atoms with van der Waals surface area (Å²) in [7, 11) is 0. The third-order valence-electron chi connectivity index (χ3n) is 5.07. The van der Waals surface area contributed by atoms with Crippen LogP contribution in [0, 0.1) is 5.92 Å². The van der Waals surface area contributed by atoms with E-state index in [4.69, 9.17) is 4.74 Å². The summed E-state index contributed by atoms with van der Waals surface area (Å²) < 4.78 is 5.52. The molecule has 1 aliphatic carbocycles. The molecule has 0 radical (unpaired) electrons. The first-order valence-corrected chi connectivity index (χ1v) is 10.7. The van der Waals surface area contributed by atoms with E-state index in [1.165, 1.54) is 0 Å². The summed E-state index contributed by atoms with van der Waals surface area (Å²) in [6, 6.07) is 7.18. The Labute approximate surface area is 173 Å². The number of nitrogens with one attached hydrogen (secondary N) is 2. The molecule has 1 aromatic carbocycles. The second kappa shape index (κ2) is 11.6. The van der Waals surface area contributed by atoms with Gasteiger partial charge >= 0.3 is 0 Å². The van der Waals surface area contributed by atoms with E-state index in [0.29, 0.717) is 18.6 Å². The predicted octanol–water partition coefficient (Wildman–Crippen LogP) is 3.64. The Morgan fingerprint density at radius 1 is 1.10 bits per heavy atom. The second-order valence-electron chi connectivity index (χ2n) is 8.09. The first-order valence-electron chi connectivity index (χ1n) is 10.7. The molecule has 1 fully saturated rings. The van der Waals surface area contributed by atoms with E-state index < -0.39 is 0 Å². The maximum absolute atomic E-state index is 12.3. The van der Waals surface area contributed by atoms with Crippen molar-refractivity contribution < 1.29 is 19.1 Å². The van der Waals surface area contributed by atoms with Crippen molar-refractivity contribution in [3.8, 4) is 5.75 Å². The van der Waals surface area contributed by atoms with Crippen molar-refractivity contribution in [1.29, 1.82) is 0 Å². The molecule has 0 heterocycles. The first kappa shape index (κ1) is 22.9. The van der Waals surface area contributed by atoms with Crippen LogP contribution in [-0.2, 0) is 9.59 Å². The van der Waals surface area contributed by atoms with Crippen molar-refractivity contribution in [2.45, 2.75) is 77.8 Å². The average molecular weight is 403 g/mol. The lowest BCUT2D eigenvalue weighted by Crippen LogP contribution is -2.43. The molecule has 29 heavy (non-hydrogen) atoms. The van der Waals surface area contributed by atoms with Gasteiger partial charge in [0.1, 0.15) is 5.75 Å². The van der Waals surface area contributed by atoms with E-state index in [2.05, 4.69) is 10.6 Å². The molecule has 1 saturated carbocycles. The molecule has 2 N–H and O–H groups in total. The quantitative estimate of drug-likeness (QED) is 0.585. The van der Waals surface area contributed by atoms with Crippen LogP contribution in [-0.4, -0.2) is 36.3 Å². The number of ketones is 1. The minimum Gasteiger partial charge on any atom is -0.494 e. The molecule has 1 aromatic rings. The molecule has 0 aliphatic heterocycles. The van der Waals surface area contributed by atoms with E-state index in [1.54, 1.807) is 24.3 Å². The van der Waals surface area contributed by atoms with Crippen molar-refractivity contribution in [3.63, 3.8) is 0 Å². The molecular weight excluding hydrogens is 368 g/mol. The average Bonchev–Trinajstić information content (AvgIpc) is 2.70. The highest BCUT2D eigenvalue weighted by Gasteiger charge is 2.28. The monoisotopic (exact) mass is 402 g/mol. The minimum atomic E-state index is -0.129. The maximum atomic E-state index is 12.3. The second-order valence-corrected chi connectivity index (χ2v) is 8.09. The number of carbonyl (C=O) groups excluding carboxylic acids is 3. The first-order chi connectivity index (χ1) is 13.9. The Morgan fingerprint density at radius 2 is 1.83 bits per heavy atom.